The number of nitrogens with one attached hydrogen (secondary N) is 2. The third-order valence-corrected chi connectivity index (χ3v) is 3.43. The smallest absolute Gasteiger partial charge is 0.340 e. The molecule has 0 aliphatic rings. The SMILES string of the molecule is COC(=O)c1cc([N+](=O)[O-])ccc1NCc1ccc(NC(N)=S)cc1. The number of anilines is 2. The molecule has 0 amide bonds. The molecule has 0 saturated heterocycles. The molecule has 25 heavy (non-hydrogen) atoms. The Morgan fingerprint density at radius 1 is 1.28 bits per heavy atom. The number of benzene rings is 2. The zero-order valence-electron chi connectivity index (χ0n) is 13.3. The van der Waals surface area contributed by atoms with Crippen LogP contribution >= 0.6 is 12.2 Å². The van der Waals surface area contributed by atoms with Crippen molar-refractivity contribution in [1.29, 1.82) is 0 Å². The van der Waals surface area contributed by atoms with Crippen LogP contribution in [0.15, 0.2) is 42.5 Å². The highest BCUT2D eigenvalue weighted by atomic mass is 32.1. The van der Waals surface area contributed by atoms with Gasteiger partial charge in [-0.05, 0) is 36.0 Å². The van der Waals surface area contributed by atoms with E-state index in [2.05, 4.69) is 15.4 Å². The minimum absolute atomic E-state index is 0.100. The summed E-state index contributed by atoms with van der Waals surface area (Å²) in [5, 5.41) is 16.9. The minimum atomic E-state index is -0.651. The van der Waals surface area contributed by atoms with Gasteiger partial charge in [0.15, 0.2) is 5.11 Å². The van der Waals surface area contributed by atoms with E-state index >= 15 is 0 Å². The van der Waals surface area contributed by atoms with Gasteiger partial charge in [-0.15, -0.1) is 0 Å². The molecule has 0 saturated carbocycles. The maximum Gasteiger partial charge on any atom is 0.340 e. The van der Waals surface area contributed by atoms with Gasteiger partial charge in [-0.25, -0.2) is 4.79 Å². The van der Waals surface area contributed by atoms with Gasteiger partial charge in [-0.1, -0.05) is 12.1 Å². The summed E-state index contributed by atoms with van der Waals surface area (Å²) in [7, 11) is 1.22. The second-order valence-corrected chi connectivity index (χ2v) is 5.46. The minimum Gasteiger partial charge on any atom is -0.465 e. The molecular formula is C16H16N4O4S. The quantitative estimate of drug-likeness (QED) is 0.311. The summed E-state index contributed by atoms with van der Waals surface area (Å²) < 4.78 is 4.68. The molecule has 0 atom stereocenters. The first-order chi connectivity index (χ1) is 11.9. The Labute approximate surface area is 149 Å². The number of methoxy groups -OCH3 is 1. The number of non-ortho nitro benzene ring substituents is 1. The first-order valence-corrected chi connectivity index (χ1v) is 7.57. The van der Waals surface area contributed by atoms with Crippen LogP contribution in [0, 0.1) is 10.1 Å². The van der Waals surface area contributed by atoms with E-state index in [1.807, 2.05) is 24.3 Å². The molecule has 0 spiro atoms. The van der Waals surface area contributed by atoms with Gasteiger partial charge in [-0.3, -0.25) is 10.1 Å². The number of nitrogens with two attached hydrogens (primary N) is 1. The Balaban J connectivity index is 2.15. The highest BCUT2D eigenvalue weighted by Gasteiger charge is 2.17. The topological polar surface area (TPSA) is 120 Å². The van der Waals surface area contributed by atoms with Crippen molar-refractivity contribution in [3.63, 3.8) is 0 Å². The molecule has 0 radical (unpaired) electrons. The zero-order chi connectivity index (χ0) is 18.4. The van der Waals surface area contributed by atoms with Gasteiger partial charge >= 0.3 is 5.97 Å². The van der Waals surface area contributed by atoms with E-state index in [9.17, 15) is 14.9 Å². The van der Waals surface area contributed by atoms with E-state index in [-0.39, 0.29) is 16.4 Å². The number of hydrogen-bond donors (Lipinski definition) is 3. The summed E-state index contributed by atoms with van der Waals surface area (Å²) in [6, 6.07) is 11.3. The summed E-state index contributed by atoms with van der Waals surface area (Å²) >= 11 is 4.77. The van der Waals surface area contributed by atoms with Gasteiger partial charge in [0, 0.05) is 30.1 Å². The molecule has 4 N–H and O–H groups in total. The van der Waals surface area contributed by atoms with Crippen molar-refractivity contribution in [3.8, 4) is 0 Å². The molecule has 0 aromatic heterocycles. The van der Waals surface area contributed by atoms with Crippen molar-refractivity contribution in [2.24, 2.45) is 5.73 Å². The lowest BCUT2D eigenvalue weighted by atomic mass is 10.1. The van der Waals surface area contributed by atoms with Crippen LogP contribution < -0.4 is 16.4 Å². The average Bonchev–Trinajstić information content (AvgIpc) is 2.59. The Morgan fingerprint density at radius 2 is 1.96 bits per heavy atom. The zero-order valence-corrected chi connectivity index (χ0v) is 14.1. The van der Waals surface area contributed by atoms with Gasteiger partial charge < -0.3 is 21.1 Å². The number of nitrogens with zero attached hydrogens (tertiary/aromatic N) is 1. The maximum atomic E-state index is 11.9. The van der Waals surface area contributed by atoms with Gasteiger partial charge in [-0.2, -0.15) is 0 Å². The average molecular weight is 360 g/mol. The number of nitro groups is 1. The molecule has 2 rings (SSSR count). The predicted octanol–water partition coefficient (Wildman–Crippen LogP) is 2.65. The molecule has 9 heteroatoms. The predicted molar refractivity (Wildman–Crippen MR) is 98.6 cm³/mol. The molecule has 2 aromatic carbocycles. The highest BCUT2D eigenvalue weighted by molar-refractivity contribution is 7.80. The van der Waals surface area contributed by atoms with Crippen molar-refractivity contribution in [2.45, 2.75) is 6.54 Å². The molecule has 2 aromatic rings. The fourth-order valence-corrected chi connectivity index (χ4v) is 2.24. The second-order valence-electron chi connectivity index (χ2n) is 5.02. The number of carbonyl (C=O) groups excluding carboxylic acids is 1. The monoisotopic (exact) mass is 360 g/mol. The van der Waals surface area contributed by atoms with Crippen molar-refractivity contribution in [3.05, 3.63) is 63.7 Å². The number of esters is 1. The van der Waals surface area contributed by atoms with Gasteiger partial charge in [0.25, 0.3) is 5.69 Å². The largest absolute Gasteiger partial charge is 0.465 e. The van der Waals surface area contributed by atoms with Crippen LogP contribution in [0.4, 0.5) is 17.1 Å². The Morgan fingerprint density at radius 3 is 2.52 bits per heavy atom. The number of thiocarbonyl (C=S) groups is 1. The van der Waals surface area contributed by atoms with E-state index in [1.165, 1.54) is 25.3 Å². The van der Waals surface area contributed by atoms with Crippen molar-refractivity contribution < 1.29 is 14.5 Å². The summed E-state index contributed by atoms with van der Waals surface area (Å²) in [4.78, 5) is 22.2. The van der Waals surface area contributed by atoms with Crippen LogP contribution in [-0.2, 0) is 11.3 Å². The van der Waals surface area contributed by atoms with Crippen molar-refractivity contribution in [1.82, 2.24) is 0 Å². The molecule has 0 bridgehead atoms. The third-order valence-electron chi connectivity index (χ3n) is 3.32. The van der Waals surface area contributed by atoms with Gasteiger partial charge in [0.1, 0.15) is 0 Å². The normalized spacial score (nSPS) is 9.96. The number of carbonyl (C=O) groups is 1. The number of rotatable bonds is 6. The van der Waals surface area contributed by atoms with Crippen LogP contribution in [0.5, 0.6) is 0 Å². The van der Waals surface area contributed by atoms with E-state index < -0.39 is 10.9 Å². The molecule has 0 unspecified atom stereocenters. The number of nitro benzene ring substituents is 1. The molecule has 130 valence electrons. The van der Waals surface area contributed by atoms with Gasteiger partial charge in [0.2, 0.25) is 0 Å². The fraction of sp³-hybridized carbons (Fsp3) is 0.125. The lowest BCUT2D eigenvalue weighted by Gasteiger charge is -2.11. The molecule has 0 heterocycles. The van der Waals surface area contributed by atoms with Crippen molar-refractivity contribution in [2.75, 3.05) is 17.7 Å². The standard InChI is InChI=1S/C16H16N4O4S/c1-24-15(21)13-8-12(20(22)23)6-7-14(13)18-9-10-2-4-11(5-3-10)19-16(17)25/h2-8,18H,9H2,1H3,(H3,17,19,25). The number of hydrogen-bond acceptors (Lipinski definition) is 6. The van der Waals surface area contributed by atoms with Crippen LogP contribution in [0.25, 0.3) is 0 Å². The first-order valence-electron chi connectivity index (χ1n) is 7.16. The lowest BCUT2D eigenvalue weighted by molar-refractivity contribution is -0.384. The summed E-state index contributed by atoms with van der Waals surface area (Å²) in [6.07, 6.45) is 0. The molecular weight excluding hydrogens is 344 g/mol. The lowest BCUT2D eigenvalue weighted by Crippen LogP contribution is -2.18. The molecule has 0 fully saturated rings. The van der Waals surface area contributed by atoms with E-state index in [1.54, 1.807) is 0 Å². The highest BCUT2D eigenvalue weighted by Crippen LogP contribution is 2.23. The van der Waals surface area contributed by atoms with Crippen molar-refractivity contribution >= 4 is 40.4 Å². The van der Waals surface area contributed by atoms with Crippen LogP contribution in [0.2, 0.25) is 0 Å². The summed E-state index contributed by atoms with van der Waals surface area (Å²) in [5.41, 5.74) is 7.47. The fourth-order valence-electron chi connectivity index (χ4n) is 2.12. The maximum absolute atomic E-state index is 11.9. The van der Waals surface area contributed by atoms with E-state index in [4.69, 9.17) is 18.0 Å². The van der Waals surface area contributed by atoms with E-state index in [0.717, 1.165) is 11.3 Å². The van der Waals surface area contributed by atoms with E-state index in [0.29, 0.717) is 12.2 Å². The Hall–Kier alpha value is -3.20. The molecule has 0 aliphatic heterocycles. The summed E-state index contributed by atoms with van der Waals surface area (Å²) in [6.45, 7) is 0.412. The Kier molecular flexibility index (Phi) is 5.85. The molecule has 8 nitrogen and oxygen atoms in total. The first kappa shape index (κ1) is 18.1. The molecule has 0 aliphatic carbocycles. The van der Waals surface area contributed by atoms with Crippen LogP contribution in [0.3, 0.4) is 0 Å². The van der Waals surface area contributed by atoms with Gasteiger partial charge in [0.05, 0.1) is 17.6 Å². The Bertz CT molecular complexity index is 808. The van der Waals surface area contributed by atoms with Crippen LogP contribution in [-0.4, -0.2) is 23.1 Å². The van der Waals surface area contributed by atoms with Crippen LogP contribution in [0.1, 0.15) is 15.9 Å². The second kappa shape index (κ2) is 8.06. The third kappa shape index (κ3) is 4.88. The summed E-state index contributed by atoms with van der Waals surface area (Å²) in [5.74, 6) is -0.651. The number of ether oxygens (including phenoxy) is 1.